The molecule has 0 bridgehead atoms. The Balaban J connectivity index is 1.96. The number of anilines is 1. The van der Waals surface area contributed by atoms with Gasteiger partial charge < -0.3 is 10.5 Å². The molecule has 0 amide bonds. The summed E-state index contributed by atoms with van der Waals surface area (Å²) >= 11 is 0. The summed E-state index contributed by atoms with van der Waals surface area (Å²) in [6.45, 7) is 2.49. The first-order chi connectivity index (χ1) is 7.24. The van der Waals surface area contributed by atoms with Crippen molar-refractivity contribution in [3.8, 4) is 5.75 Å². The summed E-state index contributed by atoms with van der Waals surface area (Å²) in [5.41, 5.74) is 7.55. The van der Waals surface area contributed by atoms with Crippen LogP contribution in [0.1, 0.15) is 11.3 Å². The Kier molecular flexibility index (Phi) is 2.58. The Morgan fingerprint density at radius 1 is 1.33 bits per heavy atom. The third-order valence-electron chi connectivity index (χ3n) is 2.07. The summed E-state index contributed by atoms with van der Waals surface area (Å²) in [5, 5.41) is 6.60. The van der Waals surface area contributed by atoms with E-state index in [9.17, 15) is 0 Å². The van der Waals surface area contributed by atoms with Gasteiger partial charge in [-0.3, -0.25) is 5.10 Å². The molecular weight excluding hydrogens is 190 g/mol. The number of ether oxygens (including phenoxy) is 1. The van der Waals surface area contributed by atoms with Crippen LogP contribution in [0.15, 0.2) is 30.3 Å². The topological polar surface area (TPSA) is 63.9 Å². The molecular formula is C11H13N3O. The molecule has 0 aliphatic rings. The van der Waals surface area contributed by atoms with Crippen LogP contribution in [0.25, 0.3) is 0 Å². The smallest absolute Gasteiger partial charge is 0.145 e. The van der Waals surface area contributed by atoms with E-state index in [0.29, 0.717) is 12.4 Å². The highest BCUT2D eigenvalue weighted by Crippen LogP contribution is 2.13. The predicted octanol–water partition coefficient (Wildman–Crippen LogP) is 1.88. The van der Waals surface area contributed by atoms with Crippen molar-refractivity contribution in [2.45, 2.75) is 13.5 Å². The minimum atomic E-state index is 0.452. The lowest BCUT2D eigenvalue weighted by molar-refractivity contribution is 0.301. The van der Waals surface area contributed by atoms with Crippen LogP contribution in [-0.2, 0) is 6.61 Å². The molecule has 1 heterocycles. The van der Waals surface area contributed by atoms with Crippen LogP contribution in [0, 0.1) is 6.92 Å². The molecule has 0 spiro atoms. The zero-order valence-electron chi connectivity index (χ0n) is 8.53. The van der Waals surface area contributed by atoms with E-state index in [2.05, 4.69) is 10.2 Å². The molecule has 4 heteroatoms. The first-order valence-electron chi connectivity index (χ1n) is 4.73. The van der Waals surface area contributed by atoms with Gasteiger partial charge in [0.1, 0.15) is 18.2 Å². The molecule has 1 aromatic heterocycles. The summed E-state index contributed by atoms with van der Waals surface area (Å²) in [7, 11) is 0. The number of nitrogens with one attached hydrogen (secondary N) is 1. The van der Waals surface area contributed by atoms with Crippen LogP contribution in [0.2, 0.25) is 0 Å². The number of nitrogen functional groups attached to an aromatic ring is 1. The zero-order valence-corrected chi connectivity index (χ0v) is 8.53. The molecule has 0 fully saturated rings. The fourth-order valence-corrected chi connectivity index (χ4v) is 1.25. The Bertz CT molecular complexity index is 433. The van der Waals surface area contributed by atoms with E-state index in [1.807, 2.05) is 31.2 Å². The maximum absolute atomic E-state index is 5.53. The molecule has 78 valence electrons. The second-order valence-electron chi connectivity index (χ2n) is 3.42. The van der Waals surface area contributed by atoms with E-state index in [-0.39, 0.29) is 0 Å². The summed E-state index contributed by atoms with van der Waals surface area (Å²) in [6, 6.07) is 9.66. The number of aromatic nitrogens is 2. The Morgan fingerprint density at radius 2 is 2.07 bits per heavy atom. The molecule has 0 saturated carbocycles. The van der Waals surface area contributed by atoms with Gasteiger partial charge in [-0.2, -0.15) is 5.10 Å². The van der Waals surface area contributed by atoms with E-state index < -0.39 is 0 Å². The van der Waals surface area contributed by atoms with Crippen molar-refractivity contribution in [3.05, 3.63) is 41.6 Å². The average Bonchev–Trinajstić information content (AvgIpc) is 2.64. The molecule has 0 saturated heterocycles. The highest BCUT2D eigenvalue weighted by Gasteiger charge is 1.98. The Labute approximate surface area is 88.1 Å². The highest BCUT2D eigenvalue weighted by molar-refractivity contribution is 5.29. The minimum Gasteiger partial charge on any atom is -0.487 e. The third kappa shape index (κ3) is 2.49. The molecule has 0 radical (unpaired) electrons. The van der Waals surface area contributed by atoms with Crippen molar-refractivity contribution in [1.29, 1.82) is 0 Å². The maximum Gasteiger partial charge on any atom is 0.145 e. The SMILES string of the molecule is Cc1ccc(OCc2cc(N)n[nH]2)cc1. The average molecular weight is 203 g/mol. The number of nitrogens with two attached hydrogens (primary N) is 1. The lowest BCUT2D eigenvalue weighted by atomic mass is 10.2. The van der Waals surface area contributed by atoms with E-state index in [1.165, 1.54) is 5.56 Å². The number of benzene rings is 1. The molecule has 2 aromatic rings. The number of hydrogen-bond donors (Lipinski definition) is 2. The fourth-order valence-electron chi connectivity index (χ4n) is 1.25. The van der Waals surface area contributed by atoms with Crippen LogP contribution in [0.4, 0.5) is 5.82 Å². The summed E-state index contributed by atoms with van der Waals surface area (Å²) in [6.07, 6.45) is 0. The molecule has 0 unspecified atom stereocenters. The summed E-state index contributed by atoms with van der Waals surface area (Å²) in [4.78, 5) is 0. The Morgan fingerprint density at radius 3 is 2.67 bits per heavy atom. The number of aromatic amines is 1. The van der Waals surface area contributed by atoms with Crippen LogP contribution < -0.4 is 10.5 Å². The van der Waals surface area contributed by atoms with Crippen molar-refractivity contribution in [2.75, 3.05) is 5.73 Å². The van der Waals surface area contributed by atoms with Crippen LogP contribution in [0.3, 0.4) is 0 Å². The molecule has 1 aromatic carbocycles. The predicted molar refractivity (Wildman–Crippen MR) is 58.5 cm³/mol. The zero-order chi connectivity index (χ0) is 10.7. The van der Waals surface area contributed by atoms with Gasteiger partial charge in [-0.1, -0.05) is 17.7 Å². The van der Waals surface area contributed by atoms with Gasteiger partial charge >= 0.3 is 0 Å². The molecule has 4 nitrogen and oxygen atoms in total. The quantitative estimate of drug-likeness (QED) is 0.800. The number of H-pyrrole nitrogens is 1. The van der Waals surface area contributed by atoms with E-state index in [0.717, 1.165) is 11.4 Å². The van der Waals surface area contributed by atoms with Gasteiger partial charge in [0, 0.05) is 6.07 Å². The van der Waals surface area contributed by atoms with Crippen molar-refractivity contribution in [1.82, 2.24) is 10.2 Å². The van der Waals surface area contributed by atoms with Crippen LogP contribution >= 0.6 is 0 Å². The summed E-state index contributed by atoms with van der Waals surface area (Å²) < 4.78 is 5.53. The number of aryl methyl sites for hydroxylation is 1. The molecule has 0 aliphatic heterocycles. The molecule has 0 atom stereocenters. The first-order valence-corrected chi connectivity index (χ1v) is 4.73. The normalized spacial score (nSPS) is 10.2. The van der Waals surface area contributed by atoms with Crippen molar-refractivity contribution >= 4 is 5.82 Å². The van der Waals surface area contributed by atoms with Gasteiger partial charge in [0.25, 0.3) is 0 Å². The highest BCUT2D eigenvalue weighted by atomic mass is 16.5. The van der Waals surface area contributed by atoms with E-state index in [4.69, 9.17) is 10.5 Å². The Hall–Kier alpha value is -1.97. The number of nitrogens with zero attached hydrogens (tertiary/aromatic N) is 1. The van der Waals surface area contributed by atoms with Gasteiger partial charge in [-0.05, 0) is 19.1 Å². The molecule has 2 rings (SSSR count). The van der Waals surface area contributed by atoms with Crippen molar-refractivity contribution < 1.29 is 4.74 Å². The third-order valence-corrected chi connectivity index (χ3v) is 2.07. The minimum absolute atomic E-state index is 0.452. The van der Waals surface area contributed by atoms with Crippen molar-refractivity contribution in [3.63, 3.8) is 0 Å². The van der Waals surface area contributed by atoms with Crippen LogP contribution in [0.5, 0.6) is 5.75 Å². The second kappa shape index (κ2) is 4.04. The van der Waals surface area contributed by atoms with Crippen LogP contribution in [-0.4, -0.2) is 10.2 Å². The van der Waals surface area contributed by atoms with E-state index in [1.54, 1.807) is 6.07 Å². The van der Waals surface area contributed by atoms with Gasteiger partial charge in [-0.25, -0.2) is 0 Å². The summed E-state index contributed by atoms with van der Waals surface area (Å²) in [5.74, 6) is 1.33. The number of hydrogen-bond acceptors (Lipinski definition) is 3. The largest absolute Gasteiger partial charge is 0.487 e. The lowest BCUT2D eigenvalue weighted by Gasteiger charge is -2.04. The molecule has 3 N–H and O–H groups in total. The van der Waals surface area contributed by atoms with Gasteiger partial charge in [0.15, 0.2) is 0 Å². The monoisotopic (exact) mass is 203 g/mol. The van der Waals surface area contributed by atoms with E-state index >= 15 is 0 Å². The van der Waals surface area contributed by atoms with Gasteiger partial charge in [-0.15, -0.1) is 0 Å². The lowest BCUT2D eigenvalue weighted by Crippen LogP contribution is -1.95. The first kappa shape index (κ1) is 9.58. The number of rotatable bonds is 3. The molecule has 15 heavy (non-hydrogen) atoms. The maximum atomic E-state index is 5.53. The van der Waals surface area contributed by atoms with Gasteiger partial charge in [0.2, 0.25) is 0 Å². The van der Waals surface area contributed by atoms with Gasteiger partial charge in [0.05, 0.1) is 5.69 Å². The van der Waals surface area contributed by atoms with Crippen molar-refractivity contribution in [2.24, 2.45) is 0 Å². The fraction of sp³-hybridized carbons (Fsp3) is 0.182. The second-order valence-corrected chi connectivity index (χ2v) is 3.42. The standard InChI is InChI=1S/C11H13N3O/c1-8-2-4-10(5-3-8)15-7-9-6-11(12)14-13-9/h2-6H,7H2,1H3,(H3,12,13,14). The molecule has 0 aliphatic carbocycles.